The smallest absolute Gasteiger partial charge is 0.266 e. The molecule has 1 N–H and O–H groups in total. The van der Waals surface area contributed by atoms with Crippen LogP contribution in [0.25, 0.3) is 10.1 Å². The van der Waals surface area contributed by atoms with Gasteiger partial charge in [-0.15, -0.1) is 11.3 Å². The van der Waals surface area contributed by atoms with Gasteiger partial charge in [0.05, 0.1) is 5.02 Å². The summed E-state index contributed by atoms with van der Waals surface area (Å²) in [4.78, 5) is 12.5. The minimum absolute atomic E-state index is 0.179. The molecule has 1 aromatic heterocycles. The number of benzene rings is 1. The van der Waals surface area contributed by atoms with Gasteiger partial charge in [-0.05, 0) is 18.9 Å². The van der Waals surface area contributed by atoms with Gasteiger partial charge in [-0.25, -0.2) is 14.2 Å². The van der Waals surface area contributed by atoms with Gasteiger partial charge < -0.3 is 0 Å². The summed E-state index contributed by atoms with van der Waals surface area (Å²) in [6.07, 6.45) is 0.351. The van der Waals surface area contributed by atoms with Gasteiger partial charge in [0, 0.05) is 34.1 Å². The minimum Gasteiger partial charge on any atom is -0.266 e. The van der Waals surface area contributed by atoms with Gasteiger partial charge in [-0.1, -0.05) is 29.8 Å². The van der Waals surface area contributed by atoms with Crippen molar-refractivity contribution < 1.29 is 31.1 Å². The summed E-state index contributed by atoms with van der Waals surface area (Å²) in [5, 5.41) is 4.59. The van der Waals surface area contributed by atoms with Gasteiger partial charge in [-0.2, -0.15) is 22.7 Å². The lowest BCUT2D eigenvalue weighted by Gasteiger charge is -2.61. The largest absolute Gasteiger partial charge is 0.350 e. The Kier molecular flexibility index (Phi) is 3.96. The molecule has 1 amide bonds. The number of amides is 1. The van der Waals surface area contributed by atoms with Crippen molar-refractivity contribution in [1.29, 1.82) is 0 Å². The van der Waals surface area contributed by atoms with Crippen molar-refractivity contribution in [2.24, 2.45) is 22.9 Å². The lowest BCUT2D eigenvalue weighted by atomic mass is 9.53. The second-order valence-corrected chi connectivity index (χ2v) is 9.40. The molecule has 160 valence electrons. The van der Waals surface area contributed by atoms with Crippen LogP contribution >= 0.6 is 22.9 Å². The van der Waals surface area contributed by atoms with Crippen LogP contribution in [0.5, 0.6) is 0 Å². The average molecular weight is 467 g/mol. The van der Waals surface area contributed by atoms with Gasteiger partial charge in [0.1, 0.15) is 4.88 Å². The van der Waals surface area contributed by atoms with Crippen molar-refractivity contribution in [3.05, 3.63) is 34.2 Å². The van der Waals surface area contributed by atoms with Crippen molar-refractivity contribution in [3.8, 4) is 0 Å². The molecule has 5 atom stereocenters. The summed E-state index contributed by atoms with van der Waals surface area (Å²) in [6, 6.07) is 7.05. The monoisotopic (exact) mass is 466 g/mol. The van der Waals surface area contributed by atoms with Crippen LogP contribution in [0.1, 0.15) is 22.5 Å². The van der Waals surface area contributed by atoms with Crippen molar-refractivity contribution >= 4 is 45.1 Å². The molecule has 3 aliphatic carbocycles. The molecular weight excluding hydrogens is 454 g/mol. The molecule has 11 heteroatoms. The van der Waals surface area contributed by atoms with E-state index in [1.54, 1.807) is 24.3 Å². The van der Waals surface area contributed by atoms with E-state index in [1.165, 1.54) is 0 Å². The number of alkyl halides is 6. The molecule has 3 fully saturated rings. The van der Waals surface area contributed by atoms with Crippen LogP contribution in [0.4, 0.5) is 26.3 Å². The fourth-order valence-corrected chi connectivity index (χ4v) is 6.73. The van der Waals surface area contributed by atoms with E-state index in [1.807, 2.05) is 0 Å². The molecule has 3 aliphatic rings. The lowest BCUT2D eigenvalue weighted by molar-refractivity contribution is -0.449. The Morgan fingerprint density at radius 1 is 1.10 bits per heavy atom. The molecule has 30 heavy (non-hydrogen) atoms. The first-order chi connectivity index (χ1) is 14.0. The number of hydrazone groups is 1. The molecule has 0 unspecified atom stereocenters. The van der Waals surface area contributed by atoms with Gasteiger partial charge in [0.15, 0.2) is 0 Å². The number of nitrogens with one attached hydrogen (secondary N) is 1. The second-order valence-electron chi connectivity index (χ2n) is 7.97. The fraction of sp³-hybridized carbons (Fsp3) is 0.474. The normalized spacial score (nSPS) is 38.0. The van der Waals surface area contributed by atoms with Crippen LogP contribution in [-0.2, 0) is 0 Å². The summed E-state index contributed by atoms with van der Waals surface area (Å²) in [5.41, 5.74) is -5.62. The first-order valence-corrected chi connectivity index (χ1v) is 10.3. The lowest BCUT2D eigenvalue weighted by Crippen LogP contribution is -2.88. The Labute approximate surface area is 175 Å². The van der Waals surface area contributed by atoms with Crippen LogP contribution in [0.2, 0.25) is 5.02 Å². The maximum absolute atomic E-state index is 14.9. The average Bonchev–Trinajstić information content (AvgIpc) is 3.33. The van der Waals surface area contributed by atoms with E-state index in [0.29, 0.717) is 5.39 Å². The molecule has 0 saturated heterocycles. The van der Waals surface area contributed by atoms with Crippen LogP contribution in [0.3, 0.4) is 0 Å². The number of hydrogen-bond acceptors (Lipinski definition) is 3. The molecule has 0 radical (unpaired) electrons. The summed E-state index contributed by atoms with van der Waals surface area (Å²) < 4.78 is 85.5. The summed E-state index contributed by atoms with van der Waals surface area (Å²) >= 11 is 7.32. The third-order valence-electron chi connectivity index (χ3n) is 6.70. The van der Waals surface area contributed by atoms with Crippen LogP contribution in [-0.4, -0.2) is 35.3 Å². The number of hydrogen-bond donors (Lipinski definition) is 1. The number of thiophene rings is 1. The fourth-order valence-electron chi connectivity index (χ4n) is 5.33. The van der Waals surface area contributed by atoms with E-state index < -0.39 is 53.3 Å². The number of carbonyl (C=O) groups excluding carboxylic acids is 1. The molecular formula is C19H13ClF6N2OS. The van der Waals surface area contributed by atoms with Crippen molar-refractivity contribution in [1.82, 2.24) is 5.43 Å². The maximum atomic E-state index is 14.9. The highest BCUT2D eigenvalue weighted by Gasteiger charge is 3.03. The first-order valence-electron chi connectivity index (χ1n) is 9.12. The van der Waals surface area contributed by atoms with Crippen LogP contribution < -0.4 is 5.43 Å². The Morgan fingerprint density at radius 3 is 2.47 bits per heavy atom. The van der Waals surface area contributed by atoms with Gasteiger partial charge in [0.25, 0.3) is 5.91 Å². The number of nitrogens with zero attached hydrogens (tertiary/aromatic N) is 1. The SMILES string of the molecule is O=C(N/N=C\[C@H]1C[C@@H]2C[C@@H]1[C@@]1(F)C(F)(F)C(F)(F)[C@]21F)c1sc2ccccc2c1Cl. The van der Waals surface area contributed by atoms with E-state index in [9.17, 15) is 31.1 Å². The molecule has 5 rings (SSSR count). The number of rotatable bonds is 3. The molecule has 3 nitrogen and oxygen atoms in total. The second kappa shape index (κ2) is 5.91. The van der Waals surface area contributed by atoms with Gasteiger partial charge >= 0.3 is 11.8 Å². The zero-order valence-electron chi connectivity index (χ0n) is 14.9. The third kappa shape index (κ3) is 2.00. The van der Waals surface area contributed by atoms with E-state index in [4.69, 9.17) is 11.6 Å². The maximum Gasteiger partial charge on any atom is 0.350 e. The van der Waals surface area contributed by atoms with E-state index in [-0.39, 0.29) is 16.3 Å². The predicted molar refractivity (Wildman–Crippen MR) is 100 cm³/mol. The predicted octanol–water partition coefficient (Wildman–Crippen LogP) is 5.63. The van der Waals surface area contributed by atoms with Gasteiger partial charge in [0.2, 0.25) is 11.3 Å². The quantitative estimate of drug-likeness (QED) is 0.356. The topological polar surface area (TPSA) is 41.5 Å². The number of halogens is 7. The molecule has 1 aromatic carbocycles. The summed E-state index contributed by atoms with van der Waals surface area (Å²) in [6.45, 7) is 0. The van der Waals surface area contributed by atoms with E-state index in [0.717, 1.165) is 22.3 Å². The van der Waals surface area contributed by atoms with Crippen molar-refractivity contribution in [2.45, 2.75) is 36.0 Å². The molecule has 0 spiro atoms. The minimum atomic E-state index is -5.09. The molecule has 2 aromatic rings. The highest BCUT2D eigenvalue weighted by molar-refractivity contribution is 7.21. The van der Waals surface area contributed by atoms with Crippen molar-refractivity contribution in [2.75, 3.05) is 0 Å². The first kappa shape index (κ1) is 20.1. The standard InChI is InChI=1S/C19H13ClF6N2OS/c20-13-10-3-1-2-4-12(10)30-14(13)15(29)28-27-7-8-5-9-6-11(8)17(22)16(9,21)18(23,24)19(17,25)26/h1-4,7-9,11H,5-6H2,(H,28,29)/b27-7-/t8-,9-,11+,16+,17+/m1/s1. The Bertz CT molecular complexity index is 1110. The zero-order valence-corrected chi connectivity index (χ0v) is 16.5. The van der Waals surface area contributed by atoms with E-state index >= 15 is 0 Å². The Morgan fingerprint density at radius 2 is 1.77 bits per heavy atom. The number of carbonyl (C=O) groups is 1. The van der Waals surface area contributed by atoms with Crippen molar-refractivity contribution in [3.63, 3.8) is 0 Å². The molecule has 2 bridgehead atoms. The Balaban J connectivity index is 1.33. The highest BCUT2D eigenvalue weighted by atomic mass is 35.5. The van der Waals surface area contributed by atoms with Gasteiger partial charge in [-0.3, -0.25) is 4.79 Å². The third-order valence-corrected chi connectivity index (χ3v) is 8.37. The van der Waals surface area contributed by atoms with E-state index in [2.05, 4.69) is 10.5 Å². The zero-order chi connectivity index (χ0) is 21.7. The highest BCUT2D eigenvalue weighted by Crippen LogP contribution is 2.81. The van der Waals surface area contributed by atoms with Crippen LogP contribution in [0.15, 0.2) is 29.4 Å². The number of fused-ring (bicyclic) bond motifs is 6. The summed E-state index contributed by atoms with van der Waals surface area (Å²) in [5.74, 6) is -15.0. The summed E-state index contributed by atoms with van der Waals surface area (Å²) in [7, 11) is 0. The molecule has 1 heterocycles. The van der Waals surface area contributed by atoms with Crippen LogP contribution in [0, 0.1) is 17.8 Å². The molecule has 3 saturated carbocycles. The molecule has 0 aliphatic heterocycles. The Hall–Kier alpha value is -1.81.